The van der Waals surface area contributed by atoms with Gasteiger partial charge in [0.25, 0.3) is 5.91 Å². The van der Waals surface area contributed by atoms with E-state index >= 15 is 0 Å². The Morgan fingerprint density at radius 2 is 1.90 bits per heavy atom. The predicted octanol–water partition coefficient (Wildman–Crippen LogP) is 1.81. The van der Waals surface area contributed by atoms with Crippen LogP contribution in [0.1, 0.15) is 28.8 Å². The average Bonchev–Trinajstić information content (AvgIpc) is 3.20. The molecule has 1 amide bonds. The zero-order valence-corrected chi connectivity index (χ0v) is 16.8. The highest BCUT2D eigenvalue weighted by Gasteiger charge is 2.41. The summed E-state index contributed by atoms with van der Waals surface area (Å²) in [6.07, 6.45) is 4.47. The fourth-order valence-electron chi connectivity index (χ4n) is 3.78. The van der Waals surface area contributed by atoms with Crippen LogP contribution >= 0.6 is 0 Å². The molecule has 0 aliphatic carbocycles. The van der Waals surface area contributed by atoms with Gasteiger partial charge in [-0.15, -0.1) is 0 Å². The van der Waals surface area contributed by atoms with Crippen LogP contribution < -0.4 is 0 Å². The molecular formula is C22H24N4O4. The first kappa shape index (κ1) is 20.0. The molecule has 8 nitrogen and oxygen atoms in total. The van der Waals surface area contributed by atoms with Gasteiger partial charge < -0.3 is 19.3 Å². The predicted molar refractivity (Wildman–Crippen MR) is 110 cm³/mol. The minimum Gasteiger partial charge on any atom is -0.467 e. The van der Waals surface area contributed by atoms with Crippen molar-refractivity contribution < 1.29 is 19.4 Å². The summed E-state index contributed by atoms with van der Waals surface area (Å²) in [5.74, 6) is -0.839. The third-order valence-electron chi connectivity index (χ3n) is 5.63. The quantitative estimate of drug-likeness (QED) is 0.647. The molecule has 156 valence electrons. The Bertz CT molecular complexity index is 1060. The first-order chi connectivity index (χ1) is 14.5. The van der Waals surface area contributed by atoms with Crippen molar-refractivity contribution in [1.29, 1.82) is 0 Å². The number of carbonyl (C=O) groups is 2. The van der Waals surface area contributed by atoms with Gasteiger partial charge in [-0.1, -0.05) is 30.3 Å². The summed E-state index contributed by atoms with van der Waals surface area (Å²) in [7, 11) is 1.25. The van der Waals surface area contributed by atoms with Gasteiger partial charge in [0.2, 0.25) is 0 Å². The van der Waals surface area contributed by atoms with Crippen LogP contribution in [-0.2, 0) is 22.5 Å². The number of fused-ring (bicyclic) bond motifs is 1. The van der Waals surface area contributed by atoms with Crippen molar-refractivity contribution in [3.63, 3.8) is 0 Å². The largest absolute Gasteiger partial charge is 0.467 e. The number of pyridine rings is 1. The second-order valence-corrected chi connectivity index (χ2v) is 7.56. The standard InChI is InChI=1S/C22H24N4O4/c1-30-21(28)22(29)8-11-25(12-9-22)20(27)17-13-18-19(23-14-17)26(15-24-18)10-7-16-5-3-2-4-6-16/h2-6,13-15,29H,7-12H2,1H3. The van der Waals surface area contributed by atoms with Gasteiger partial charge in [0.05, 0.1) is 19.0 Å². The van der Waals surface area contributed by atoms with E-state index in [1.165, 1.54) is 12.7 Å². The first-order valence-corrected chi connectivity index (χ1v) is 9.95. The lowest BCUT2D eigenvalue weighted by molar-refractivity contribution is -0.166. The summed E-state index contributed by atoms with van der Waals surface area (Å²) in [6.45, 7) is 1.29. The first-order valence-electron chi connectivity index (χ1n) is 9.95. The van der Waals surface area contributed by atoms with Crippen molar-refractivity contribution in [3.05, 3.63) is 60.0 Å². The Labute approximate surface area is 174 Å². The van der Waals surface area contributed by atoms with E-state index < -0.39 is 11.6 Å². The van der Waals surface area contributed by atoms with Crippen LogP contribution in [0.15, 0.2) is 48.9 Å². The summed E-state index contributed by atoms with van der Waals surface area (Å²) < 4.78 is 6.64. The molecule has 1 N–H and O–H groups in total. The molecule has 4 rings (SSSR count). The highest BCUT2D eigenvalue weighted by molar-refractivity contribution is 5.96. The highest BCUT2D eigenvalue weighted by Crippen LogP contribution is 2.25. The van der Waals surface area contributed by atoms with Gasteiger partial charge in [0, 0.05) is 38.7 Å². The van der Waals surface area contributed by atoms with Gasteiger partial charge in [-0.25, -0.2) is 14.8 Å². The fraction of sp³-hybridized carbons (Fsp3) is 0.364. The molecule has 8 heteroatoms. The monoisotopic (exact) mass is 408 g/mol. The number of likely N-dealkylation sites (tertiary alicyclic amines) is 1. The van der Waals surface area contributed by atoms with Gasteiger partial charge in [-0.05, 0) is 18.1 Å². The van der Waals surface area contributed by atoms with Crippen LogP contribution in [0.3, 0.4) is 0 Å². The van der Waals surface area contributed by atoms with Crippen LogP contribution in [0, 0.1) is 0 Å². The fourth-order valence-corrected chi connectivity index (χ4v) is 3.78. The number of hydrogen-bond acceptors (Lipinski definition) is 6. The average molecular weight is 408 g/mol. The molecule has 0 atom stereocenters. The highest BCUT2D eigenvalue weighted by atomic mass is 16.5. The third-order valence-corrected chi connectivity index (χ3v) is 5.63. The second kappa shape index (κ2) is 8.23. The Kier molecular flexibility index (Phi) is 5.50. The zero-order chi connectivity index (χ0) is 21.1. The number of aryl methyl sites for hydroxylation is 2. The SMILES string of the molecule is COC(=O)C1(O)CCN(C(=O)c2cnc3c(c2)ncn3CCc2ccccc2)CC1. The molecule has 1 aliphatic heterocycles. The number of carbonyl (C=O) groups excluding carboxylic acids is 2. The maximum atomic E-state index is 12.9. The molecular weight excluding hydrogens is 384 g/mol. The number of nitrogens with zero attached hydrogens (tertiary/aromatic N) is 4. The number of aromatic nitrogens is 3. The maximum absolute atomic E-state index is 12.9. The van der Waals surface area contributed by atoms with Crippen molar-refractivity contribution in [2.45, 2.75) is 31.4 Å². The van der Waals surface area contributed by atoms with Crippen molar-refractivity contribution >= 4 is 23.0 Å². The number of amides is 1. The van der Waals surface area contributed by atoms with Gasteiger partial charge in [0.1, 0.15) is 5.52 Å². The molecule has 1 aromatic carbocycles. The van der Waals surface area contributed by atoms with E-state index in [0.29, 0.717) is 11.1 Å². The Morgan fingerprint density at radius 1 is 1.17 bits per heavy atom. The smallest absolute Gasteiger partial charge is 0.337 e. The molecule has 0 saturated carbocycles. The number of aliphatic hydroxyl groups is 1. The Morgan fingerprint density at radius 3 is 2.60 bits per heavy atom. The molecule has 0 unspecified atom stereocenters. The van der Waals surface area contributed by atoms with Crippen LogP contribution in [0.2, 0.25) is 0 Å². The van der Waals surface area contributed by atoms with E-state index in [1.54, 1.807) is 23.5 Å². The number of esters is 1. The molecule has 1 aliphatic rings. The van der Waals surface area contributed by atoms with E-state index in [9.17, 15) is 14.7 Å². The van der Waals surface area contributed by atoms with Crippen molar-refractivity contribution in [2.75, 3.05) is 20.2 Å². The van der Waals surface area contributed by atoms with Gasteiger partial charge >= 0.3 is 5.97 Å². The number of benzene rings is 1. The van der Waals surface area contributed by atoms with Gasteiger partial charge in [-0.3, -0.25) is 4.79 Å². The molecule has 3 heterocycles. The van der Waals surface area contributed by atoms with Crippen LogP contribution in [0.4, 0.5) is 0 Å². The molecule has 2 aromatic heterocycles. The number of ether oxygens (including phenoxy) is 1. The van der Waals surface area contributed by atoms with Crippen LogP contribution in [0.5, 0.6) is 0 Å². The molecule has 3 aromatic rings. The number of piperidine rings is 1. The summed E-state index contributed by atoms with van der Waals surface area (Å²) in [6, 6.07) is 11.9. The molecule has 0 bridgehead atoms. The molecule has 30 heavy (non-hydrogen) atoms. The van der Waals surface area contributed by atoms with Crippen LogP contribution in [0.25, 0.3) is 11.2 Å². The van der Waals surface area contributed by atoms with Gasteiger partial charge in [0.15, 0.2) is 11.2 Å². The van der Waals surface area contributed by atoms with Crippen LogP contribution in [-0.4, -0.2) is 62.2 Å². The molecule has 1 fully saturated rings. The number of rotatable bonds is 5. The minimum atomic E-state index is -1.52. The van der Waals surface area contributed by atoms with E-state index in [-0.39, 0.29) is 31.8 Å². The zero-order valence-electron chi connectivity index (χ0n) is 16.8. The minimum absolute atomic E-state index is 0.148. The van der Waals surface area contributed by atoms with Crippen molar-refractivity contribution in [1.82, 2.24) is 19.4 Å². The Hall–Kier alpha value is -3.26. The van der Waals surface area contributed by atoms with Crippen molar-refractivity contribution in [3.8, 4) is 0 Å². The summed E-state index contributed by atoms with van der Waals surface area (Å²) in [5.41, 5.74) is 1.56. The van der Waals surface area contributed by atoms with E-state index in [2.05, 4.69) is 26.8 Å². The summed E-state index contributed by atoms with van der Waals surface area (Å²) in [4.78, 5) is 35.1. The molecule has 0 spiro atoms. The lowest BCUT2D eigenvalue weighted by atomic mass is 9.91. The van der Waals surface area contributed by atoms with Crippen molar-refractivity contribution in [2.24, 2.45) is 0 Å². The lowest BCUT2D eigenvalue weighted by Gasteiger charge is -2.36. The summed E-state index contributed by atoms with van der Waals surface area (Å²) in [5, 5.41) is 10.3. The molecule has 0 radical (unpaired) electrons. The topological polar surface area (TPSA) is 97.6 Å². The van der Waals surface area contributed by atoms with E-state index in [0.717, 1.165) is 18.6 Å². The third kappa shape index (κ3) is 3.91. The number of hydrogen-bond donors (Lipinski definition) is 1. The van der Waals surface area contributed by atoms with E-state index in [1.807, 2.05) is 22.8 Å². The second-order valence-electron chi connectivity index (χ2n) is 7.56. The maximum Gasteiger partial charge on any atom is 0.337 e. The summed E-state index contributed by atoms with van der Waals surface area (Å²) >= 11 is 0. The number of imidazole rings is 1. The molecule has 1 saturated heterocycles. The number of methoxy groups -OCH3 is 1. The lowest BCUT2D eigenvalue weighted by Crippen LogP contribution is -2.51. The van der Waals surface area contributed by atoms with E-state index in [4.69, 9.17) is 0 Å². The van der Waals surface area contributed by atoms with Gasteiger partial charge in [-0.2, -0.15) is 0 Å². The Balaban J connectivity index is 1.44. The normalized spacial score (nSPS) is 15.9.